The van der Waals surface area contributed by atoms with Gasteiger partial charge in [-0.15, -0.1) is 0 Å². The summed E-state index contributed by atoms with van der Waals surface area (Å²) in [4.78, 5) is 160. The molecule has 1 aliphatic rings. The van der Waals surface area contributed by atoms with E-state index in [1.54, 1.807) is 81.6 Å². The number of fused-ring (bicyclic) bond motifs is 1. The van der Waals surface area contributed by atoms with Crippen molar-refractivity contribution in [2.75, 3.05) is 46.2 Å². The number of aromatic hydroxyl groups is 1. The van der Waals surface area contributed by atoms with E-state index in [4.69, 9.17) is 20.9 Å². The normalized spacial score (nSPS) is 15.1. The van der Waals surface area contributed by atoms with Gasteiger partial charge in [0.2, 0.25) is 47.3 Å². The number of aliphatic hydroxyl groups is 2. The molecule has 0 saturated heterocycles. The van der Waals surface area contributed by atoms with E-state index in [2.05, 4.69) is 52.5 Å². The molecule has 3 aromatic carbocycles. The van der Waals surface area contributed by atoms with Gasteiger partial charge in [0.05, 0.1) is 44.8 Å². The highest BCUT2D eigenvalue weighted by Gasteiger charge is 2.37. The van der Waals surface area contributed by atoms with Crippen LogP contribution >= 0.6 is 0 Å². The minimum Gasteiger partial charge on any atom is -0.508 e. The van der Waals surface area contributed by atoms with E-state index in [9.17, 15) is 78.3 Å². The van der Waals surface area contributed by atoms with Crippen LogP contribution < -0.4 is 54.0 Å². The number of carboxylic acid groups (broad SMARTS) is 2. The number of rotatable bonds is 43. The van der Waals surface area contributed by atoms with E-state index >= 15 is 0 Å². The number of para-hydroxylation sites is 1. The largest absolute Gasteiger partial charge is 0.508 e. The lowest BCUT2D eigenvalue weighted by atomic mass is 9.84. The van der Waals surface area contributed by atoms with Crippen LogP contribution in [-0.2, 0) is 81.5 Å². The number of carbonyl (C=O) groups excluding carboxylic acids is 9. The first kappa shape index (κ1) is 78.2. The molecule has 18 N–H and O–H groups in total. The van der Waals surface area contributed by atoms with Crippen molar-refractivity contribution in [3.63, 3.8) is 0 Å². The number of carboxylic acids is 2. The van der Waals surface area contributed by atoms with Crippen LogP contribution in [0.1, 0.15) is 108 Å². The first-order chi connectivity index (χ1) is 46.4. The molecule has 30 heteroatoms. The fourth-order valence-electron chi connectivity index (χ4n) is 11.1. The van der Waals surface area contributed by atoms with E-state index in [1.807, 2.05) is 0 Å². The van der Waals surface area contributed by atoms with Gasteiger partial charge < -0.3 is 94.0 Å². The highest BCUT2D eigenvalue weighted by atomic mass is 16.5. The predicted molar refractivity (Wildman–Crippen MR) is 354 cm³/mol. The van der Waals surface area contributed by atoms with Crippen LogP contribution in [0.3, 0.4) is 0 Å². The SMILES string of the molecule is CCOCCOCC(=O)N[C@@H](CC(=O)O)C(=O)N[C@@H](CC1CCCCC1)C(=O)N[C@@H](Cc1ccccc1)C(=O)C[C@@H](CO)C(=O)N[C@@H](CCCN=C(N)N)C(=O)N[C@@H](Cc1ccc(O)cc1)C(=O)N[C@@H](CC(C)C)C(=O)N[C@@H](Cc1c[nH]c2ccccc12)C(=O)N[C@@H](CO)C(=O)O. The topological polar surface area (TPSA) is 484 Å². The summed E-state index contributed by atoms with van der Waals surface area (Å²) >= 11 is 0. The fourth-order valence-corrected chi connectivity index (χ4v) is 11.1. The van der Waals surface area contributed by atoms with Gasteiger partial charge in [0, 0.05) is 49.5 Å². The number of amides is 8. The number of nitrogens with two attached hydrogens (primary N) is 2. The van der Waals surface area contributed by atoms with Crippen LogP contribution in [0.15, 0.2) is 90.1 Å². The Bertz CT molecular complexity index is 3280. The quantitative estimate of drug-likeness (QED) is 0.0158. The summed E-state index contributed by atoms with van der Waals surface area (Å²) in [5.74, 6) is -13.4. The van der Waals surface area contributed by atoms with Crippen molar-refractivity contribution in [3.05, 3.63) is 102 Å². The van der Waals surface area contributed by atoms with Gasteiger partial charge in [0.15, 0.2) is 11.7 Å². The van der Waals surface area contributed by atoms with Crippen molar-refractivity contribution in [2.24, 2.45) is 34.2 Å². The molecule has 1 aliphatic carbocycles. The lowest BCUT2D eigenvalue weighted by Crippen LogP contribution is -2.60. The molecule has 30 nitrogen and oxygen atoms in total. The lowest BCUT2D eigenvalue weighted by Gasteiger charge is -2.29. The Hall–Kier alpha value is -9.52. The smallest absolute Gasteiger partial charge is 0.328 e. The van der Waals surface area contributed by atoms with Crippen molar-refractivity contribution in [3.8, 4) is 5.75 Å². The molecular weight excluding hydrogens is 1260 g/mol. The fraction of sp³-hybridized carbons (Fsp3) is 0.522. The molecule has 0 radical (unpaired) electrons. The Morgan fingerprint density at radius 3 is 1.76 bits per heavy atom. The van der Waals surface area contributed by atoms with Crippen molar-refractivity contribution in [1.82, 2.24) is 47.5 Å². The number of ether oxygens (including phenoxy) is 2. The Labute approximate surface area is 562 Å². The molecule has 9 atom stereocenters. The number of phenolic OH excluding ortho intramolecular Hbond substituents is 1. The first-order valence-corrected chi connectivity index (χ1v) is 32.6. The van der Waals surface area contributed by atoms with Gasteiger partial charge in [-0.1, -0.05) is 107 Å². The molecule has 0 aliphatic heterocycles. The number of benzene rings is 3. The molecule has 0 spiro atoms. The molecule has 1 aromatic heterocycles. The number of aromatic nitrogens is 1. The Morgan fingerprint density at radius 1 is 0.588 bits per heavy atom. The number of aliphatic hydroxyl groups excluding tert-OH is 2. The van der Waals surface area contributed by atoms with E-state index < -0.39 is 152 Å². The highest BCUT2D eigenvalue weighted by molar-refractivity contribution is 5.99. The Kier molecular flexibility index (Phi) is 32.9. The molecule has 1 fully saturated rings. The van der Waals surface area contributed by atoms with Crippen molar-refractivity contribution < 1.29 is 87.7 Å². The van der Waals surface area contributed by atoms with Crippen molar-refractivity contribution in [1.29, 1.82) is 0 Å². The van der Waals surface area contributed by atoms with Crippen molar-refractivity contribution >= 4 is 81.8 Å². The van der Waals surface area contributed by atoms with E-state index in [-0.39, 0.29) is 88.2 Å². The maximum atomic E-state index is 14.8. The molecule has 530 valence electrons. The van der Waals surface area contributed by atoms with Crippen molar-refractivity contribution in [2.45, 2.75) is 159 Å². The summed E-state index contributed by atoms with van der Waals surface area (Å²) in [5.41, 5.74) is 13.4. The van der Waals surface area contributed by atoms with Crippen LogP contribution in [0.5, 0.6) is 5.75 Å². The first-order valence-electron chi connectivity index (χ1n) is 32.6. The van der Waals surface area contributed by atoms with Gasteiger partial charge in [-0.25, -0.2) is 4.79 Å². The van der Waals surface area contributed by atoms with Gasteiger partial charge >= 0.3 is 11.9 Å². The minimum atomic E-state index is -1.74. The Balaban J connectivity index is 1.41. The number of nitrogens with zero attached hydrogens (tertiary/aromatic N) is 1. The molecule has 4 aromatic rings. The monoisotopic (exact) mass is 1350 g/mol. The number of Topliss-reactive ketones (excluding diaryl/α,β-unsaturated/α-hetero) is 1. The predicted octanol–water partition coefficient (Wildman–Crippen LogP) is 0.0223. The van der Waals surface area contributed by atoms with Gasteiger partial charge in [0.1, 0.15) is 54.6 Å². The third-order valence-electron chi connectivity index (χ3n) is 16.2. The average molecular weight is 1360 g/mol. The zero-order valence-electron chi connectivity index (χ0n) is 54.9. The number of ketones is 1. The number of hydrogen-bond acceptors (Lipinski definition) is 17. The molecule has 97 heavy (non-hydrogen) atoms. The summed E-state index contributed by atoms with van der Waals surface area (Å²) in [6, 6.07) is 9.12. The molecule has 0 unspecified atom stereocenters. The number of aliphatic imine (C=N–C) groups is 1. The summed E-state index contributed by atoms with van der Waals surface area (Å²) in [6.07, 6.45) is 3.38. The molecular formula is C67H94N12O18. The zero-order valence-corrected chi connectivity index (χ0v) is 54.9. The number of phenols is 1. The number of nitrogens with one attached hydrogen (secondary N) is 9. The van der Waals surface area contributed by atoms with Gasteiger partial charge in [-0.2, -0.15) is 0 Å². The standard InChI is InChI=1S/C67H94N12O18/c1-4-96-26-27-97-38-57(84)72-54(34-58(85)86)65(93)77-51(30-41-16-9-6-10-17-41)62(90)74-49(29-40-14-7-5-8-15-40)56(83)33-44(36-80)59(87)73-48(20-13-25-70-67(68)69)60(88)76-52(31-42-21-23-45(82)24-22-42)63(91)75-50(28-39(2)3)61(89)78-53(64(92)79-55(37-81)66(94)95)32-43-35-71-47-19-12-11-18-46(43)47/h5,7-8,11-12,14-15,18-19,21-24,35,39,41,44,48-55,71,80-82H,4,6,9-10,13,16-17,20,25-34,36-38H2,1-3H3,(H,72,84)(H,73,87)(H,74,90)(H,75,91)(H,76,88)(H,77,93)(H,78,89)(H,79,92)(H,85,86)(H,94,95)(H4,68,69,70)/t44-,48-,49-,50-,51-,52-,53-,54-,55-/m0/s1. The second-order valence-electron chi connectivity index (χ2n) is 24.4. The summed E-state index contributed by atoms with van der Waals surface area (Å²) in [6.45, 7) is 3.43. The summed E-state index contributed by atoms with van der Waals surface area (Å²) in [5, 5.41) is 71.6. The van der Waals surface area contributed by atoms with E-state index in [1.165, 1.54) is 24.3 Å². The number of carbonyl (C=O) groups is 11. The van der Waals surface area contributed by atoms with Crippen LogP contribution in [0.2, 0.25) is 0 Å². The van der Waals surface area contributed by atoms with Gasteiger partial charge in [-0.05, 0) is 85.8 Å². The lowest BCUT2D eigenvalue weighted by molar-refractivity contribution is -0.143. The summed E-state index contributed by atoms with van der Waals surface area (Å²) in [7, 11) is 0. The Morgan fingerprint density at radius 2 is 1.13 bits per heavy atom. The zero-order chi connectivity index (χ0) is 71.0. The van der Waals surface area contributed by atoms with Crippen LogP contribution in [0.4, 0.5) is 0 Å². The van der Waals surface area contributed by atoms with Crippen LogP contribution in [0, 0.1) is 17.8 Å². The number of aliphatic carboxylic acids is 2. The molecule has 8 amide bonds. The second kappa shape index (κ2) is 40.8. The molecule has 0 bridgehead atoms. The maximum Gasteiger partial charge on any atom is 0.328 e. The number of H-pyrrole nitrogens is 1. The summed E-state index contributed by atoms with van der Waals surface area (Å²) < 4.78 is 10.5. The highest BCUT2D eigenvalue weighted by Crippen LogP contribution is 2.28. The third kappa shape index (κ3) is 27.3. The van der Waals surface area contributed by atoms with Gasteiger partial charge in [0.25, 0.3) is 0 Å². The van der Waals surface area contributed by atoms with Gasteiger partial charge in [-0.3, -0.25) is 52.9 Å². The van der Waals surface area contributed by atoms with Crippen LogP contribution in [0.25, 0.3) is 10.9 Å². The van der Waals surface area contributed by atoms with E-state index in [0.717, 1.165) is 19.3 Å². The third-order valence-corrected chi connectivity index (χ3v) is 16.2. The number of aromatic amines is 1. The second-order valence-corrected chi connectivity index (χ2v) is 24.4. The number of hydrogen-bond donors (Lipinski definition) is 16. The average Bonchev–Trinajstić information content (AvgIpc) is 1.72. The molecule has 5 rings (SSSR count). The molecule has 1 heterocycles. The minimum absolute atomic E-state index is 0.0332. The number of guanidine groups is 1. The maximum absolute atomic E-state index is 14.8. The van der Waals surface area contributed by atoms with E-state index in [0.29, 0.717) is 47.0 Å². The van der Waals surface area contributed by atoms with Crippen LogP contribution in [-0.4, -0.2) is 196 Å². The molecule has 1 saturated carbocycles.